The molecule has 2 N–H and O–H groups in total. The van der Waals surface area contributed by atoms with Crippen LogP contribution in [0.15, 0.2) is 120 Å². The summed E-state index contributed by atoms with van der Waals surface area (Å²) in [5, 5.41) is 24.6. The van der Waals surface area contributed by atoms with Gasteiger partial charge >= 0.3 is 6.18 Å². The van der Waals surface area contributed by atoms with Gasteiger partial charge in [-0.15, -0.1) is 0 Å². The van der Waals surface area contributed by atoms with Gasteiger partial charge in [0, 0.05) is 20.9 Å². The summed E-state index contributed by atoms with van der Waals surface area (Å²) in [4.78, 5) is 3.71. The number of para-hydroxylation sites is 2. The summed E-state index contributed by atoms with van der Waals surface area (Å²) < 4.78 is 46.3. The maximum atomic E-state index is 13.4. The Balaban J connectivity index is 1.40. The van der Waals surface area contributed by atoms with E-state index < -0.39 is 17.7 Å². The van der Waals surface area contributed by atoms with Crippen molar-refractivity contribution < 1.29 is 17.6 Å². The maximum Gasteiger partial charge on any atom is 0.416 e. The lowest BCUT2D eigenvalue weighted by Crippen LogP contribution is -2.36. The molecule has 10 heteroatoms. The van der Waals surface area contributed by atoms with Crippen LogP contribution < -0.4 is 10.2 Å². The number of amidine groups is 1. The first-order chi connectivity index (χ1) is 19.3. The van der Waals surface area contributed by atoms with Gasteiger partial charge in [0.15, 0.2) is 0 Å². The van der Waals surface area contributed by atoms with Gasteiger partial charge in [0.25, 0.3) is 0 Å². The fourth-order valence-corrected chi connectivity index (χ4v) is 7.35. The first-order valence-corrected chi connectivity index (χ1v) is 13.8. The van der Waals surface area contributed by atoms with Crippen LogP contribution in [-0.2, 0) is 6.18 Å². The molecule has 3 aliphatic rings. The molecule has 1 aromatic heterocycles. The van der Waals surface area contributed by atoms with Crippen LogP contribution in [0.4, 0.5) is 24.5 Å². The van der Waals surface area contributed by atoms with E-state index in [1.165, 1.54) is 29.6 Å². The SMILES string of the molecule is N#CC1=C2Sc3ccccc3N2C(=N)/C(=C2\Nc3ccccc3S2)C1c1ccc(-c2cccc(C(F)(F)F)c2)o1. The second kappa shape index (κ2) is 9.11. The summed E-state index contributed by atoms with van der Waals surface area (Å²) in [7, 11) is 0. The number of halogens is 3. The molecule has 0 fully saturated rings. The quantitative estimate of drug-likeness (QED) is 0.251. The van der Waals surface area contributed by atoms with Crippen molar-refractivity contribution in [3.63, 3.8) is 0 Å². The molecule has 0 bridgehead atoms. The number of allylic oxidation sites excluding steroid dienone is 1. The highest BCUT2D eigenvalue weighted by Crippen LogP contribution is 2.56. The molecule has 0 aliphatic carbocycles. The average Bonchev–Trinajstić information content (AvgIpc) is 3.69. The fraction of sp³-hybridized carbons (Fsp3) is 0.0667. The molecule has 4 heterocycles. The predicted molar refractivity (Wildman–Crippen MR) is 150 cm³/mol. The van der Waals surface area contributed by atoms with Crippen LogP contribution in [0.5, 0.6) is 0 Å². The number of thioether (sulfide) groups is 2. The summed E-state index contributed by atoms with van der Waals surface area (Å²) in [6, 6.07) is 26.1. The average molecular weight is 571 g/mol. The smallest absolute Gasteiger partial charge is 0.416 e. The Morgan fingerprint density at radius 3 is 2.48 bits per heavy atom. The summed E-state index contributed by atoms with van der Waals surface area (Å²) >= 11 is 2.90. The third kappa shape index (κ3) is 3.85. The van der Waals surface area contributed by atoms with E-state index in [1.807, 2.05) is 48.5 Å². The minimum Gasteiger partial charge on any atom is -0.460 e. The molecule has 3 aliphatic heterocycles. The van der Waals surface area contributed by atoms with E-state index in [0.717, 1.165) is 33.3 Å². The lowest BCUT2D eigenvalue weighted by atomic mass is 9.86. The summed E-state index contributed by atoms with van der Waals surface area (Å²) in [5.74, 6) is 0.0864. The second-order valence-electron chi connectivity index (χ2n) is 9.26. The minimum atomic E-state index is -4.49. The molecule has 0 saturated carbocycles. The molecule has 0 saturated heterocycles. The Bertz CT molecular complexity index is 1810. The Kier molecular flexibility index (Phi) is 5.63. The van der Waals surface area contributed by atoms with Gasteiger partial charge in [-0.05, 0) is 48.5 Å². The van der Waals surface area contributed by atoms with Crippen molar-refractivity contribution in [2.75, 3.05) is 10.2 Å². The number of alkyl halides is 3. The number of furan rings is 1. The Morgan fingerprint density at radius 2 is 1.70 bits per heavy atom. The van der Waals surface area contributed by atoms with Gasteiger partial charge in [-0.3, -0.25) is 10.3 Å². The van der Waals surface area contributed by atoms with E-state index in [9.17, 15) is 23.8 Å². The number of nitrogens with one attached hydrogen (secondary N) is 2. The number of nitrogens with zero attached hydrogens (tertiary/aromatic N) is 2. The van der Waals surface area contributed by atoms with Crippen LogP contribution in [-0.4, -0.2) is 5.84 Å². The summed E-state index contributed by atoms with van der Waals surface area (Å²) in [5.41, 5.74) is 2.19. The first kappa shape index (κ1) is 24.7. The monoisotopic (exact) mass is 570 g/mol. The van der Waals surface area contributed by atoms with Crippen molar-refractivity contribution in [3.05, 3.63) is 117 Å². The predicted octanol–water partition coefficient (Wildman–Crippen LogP) is 8.82. The van der Waals surface area contributed by atoms with Gasteiger partial charge < -0.3 is 9.73 Å². The third-order valence-electron chi connectivity index (χ3n) is 6.90. The molecule has 7 rings (SSSR count). The molecule has 0 radical (unpaired) electrons. The van der Waals surface area contributed by atoms with Crippen LogP contribution >= 0.6 is 23.5 Å². The van der Waals surface area contributed by atoms with E-state index in [-0.39, 0.29) is 17.2 Å². The first-order valence-electron chi connectivity index (χ1n) is 12.2. The molecular formula is C30H17F3N4OS2. The molecule has 1 unspecified atom stereocenters. The largest absolute Gasteiger partial charge is 0.460 e. The molecular weight excluding hydrogens is 553 g/mol. The van der Waals surface area contributed by atoms with Crippen molar-refractivity contribution in [3.8, 4) is 17.4 Å². The van der Waals surface area contributed by atoms with Crippen LogP contribution in [0, 0.1) is 16.7 Å². The van der Waals surface area contributed by atoms with Gasteiger partial charge in [0.05, 0.1) is 39.5 Å². The lowest BCUT2D eigenvalue weighted by Gasteiger charge is -2.33. The fourth-order valence-electron chi connectivity index (χ4n) is 5.10. The van der Waals surface area contributed by atoms with Crippen molar-refractivity contribution in [2.24, 2.45) is 0 Å². The van der Waals surface area contributed by atoms with E-state index in [2.05, 4.69) is 11.4 Å². The topological polar surface area (TPSA) is 76.1 Å². The zero-order valence-electron chi connectivity index (χ0n) is 20.4. The Hall–Kier alpha value is -4.33. The lowest BCUT2D eigenvalue weighted by molar-refractivity contribution is -0.137. The number of rotatable bonds is 2. The van der Waals surface area contributed by atoms with E-state index in [0.29, 0.717) is 27.0 Å². The van der Waals surface area contributed by atoms with Crippen molar-refractivity contribution in [2.45, 2.75) is 21.9 Å². The van der Waals surface area contributed by atoms with Crippen molar-refractivity contribution >= 4 is 40.7 Å². The standard InChI is InChI=1S/C30H17F3N4OS2/c31-30(32,33)17-7-5-6-16(14-17)21-12-13-22(38-21)25-18(15-34)29-37(20-9-2-4-11-24(20)40-29)27(35)26(25)28-36-19-8-1-3-10-23(19)39-28/h1-14,25,35-36H/b28-26+,35-27?. The number of hydrogen-bond donors (Lipinski definition) is 2. The molecule has 40 heavy (non-hydrogen) atoms. The molecule has 5 nitrogen and oxygen atoms in total. The van der Waals surface area contributed by atoms with E-state index >= 15 is 0 Å². The number of hydrogen-bond acceptors (Lipinski definition) is 6. The number of anilines is 2. The molecule has 196 valence electrons. The van der Waals surface area contributed by atoms with Crippen molar-refractivity contribution in [1.82, 2.24) is 0 Å². The zero-order chi connectivity index (χ0) is 27.6. The van der Waals surface area contributed by atoms with Crippen LogP contribution in [0.1, 0.15) is 17.2 Å². The molecule has 4 aromatic rings. The highest BCUT2D eigenvalue weighted by atomic mass is 32.2. The Labute approximate surface area is 235 Å². The van der Waals surface area contributed by atoms with Gasteiger partial charge in [-0.25, -0.2) is 0 Å². The highest BCUT2D eigenvalue weighted by molar-refractivity contribution is 8.04. The Morgan fingerprint density at radius 1 is 0.925 bits per heavy atom. The van der Waals surface area contributed by atoms with Crippen LogP contribution in [0.2, 0.25) is 0 Å². The van der Waals surface area contributed by atoms with Crippen LogP contribution in [0.25, 0.3) is 11.3 Å². The van der Waals surface area contributed by atoms with Gasteiger partial charge in [0.2, 0.25) is 0 Å². The van der Waals surface area contributed by atoms with Crippen molar-refractivity contribution in [1.29, 1.82) is 10.7 Å². The number of benzene rings is 3. The van der Waals surface area contributed by atoms with Gasteiger partial charge in [-0.2, -0.15) is 18.4 Å². The van der Waals surface area contributed by atoms with Gasteiger partial charge in [-0.1, -0.05) is 59.9 Å². The third-order valence-corrected chi connectivity index (χ3v) is 9.16. The van der Waals surface area contributed by atoms with E-state index in [1.54, 1.807) is 23.1 Å². The zero-order valence-corrected chi connectivity index (χ0v) is 22.0. The summed E-state index contributed by atoms with van der Waals surface area (Å²) in [6.07, 6.45) is -4.49. The number of nitriles is 1. The van der Waals surface area contributed by atoms with E-state index in [4.69, 9.17) is 4.42 Å². The molecule has 3 aromatic carbocycles. The van der Waals surface area contributed by atoms with Crippen LogP contribution in [0.3, 0.4) is 0 Å². The number of fused-ring (bicyclic) bond motifs is 4. The summed E-state index contributed by atoms with van der Waals surface area (Å²) in [6.45, 7) is 0. The minimum absolute atomic E-state index is 0.205. The highest BCUT2D eigenvalue weighted by Gasteiger charge is 2.45. The molecule has 1 atom stereocenters. The van der Waals surface area contributed by atoms with Gasteiger partial charge in [0.1, 0.15) is 22.4 Å². The molecule has 0 spiro atoms. The maximum absolute atomic E-state index is 13.4. The second-order valence-corrected chi connectivity index (χ2v) is 11.3. The normalized spacial score (nSPS) is 19.7. The molecule has 0 amide bonds.